The van der Waals surface area contributed by atoms with Gasteiger partial charge in [-0.05, 0) is 30.5 Å². The third-order valence-corrected chi connectivity index (χ3v) is 2.69. The lowest BCUT2D eigenvalue weighted by atomic mass is 10.1. The number of allylic oxidation sites excluding steroid dienone is 1. The SMILES string of the molecule is CCCCCC/C=C/c1ccc(C(=O)O)cc1. The summed E-state index contributed by atoms with van der Waals surface area (Å²) < 4.78 is 0. The maximum atomic E-state index is 10.7. The fraction of sp³-hybridized carbons (Fsp3) is 0.400. The molecule has 0 radical (unpaired) electrons. The summed E-state index contributed by atoms with van der Waals surface area (Å²) in [6.45, 7) is 2.21. The molecule has 0 atom stereocenters. The van der Waals surface area contributed by atoms with Crippen molar-refractivity contribution in [2.75, 3.05) is 0 Å². The van der Waals surface area contributed by atoms with Gasteiger partial charge in [0, 0.05) is 0 Å². The number of hydrogen-bond donors (Lipinski definition) is 1. The van der Waals surface area contributed by atoms with Crippen LogP contribution in [0.25, 0.3) is 6.08 Å². The molecule has 2 heteroatoms. The Labute approximate surface area is 103 Å². The van der Waals surface area contributed by atoms with E-state index in [1.54, 1.807) is 12.1 Å². The van der Waals surface area contributed by atoms with E-state index < -0.39 is 5.97 Å². The zero-order chi connectivity index (χ0) is 12.5. The highest BCUT2D eigenvalue weighted by Gasteiger charge is 1.99. The summed E-state index contributed by atoms with van der Waals surface area (Å²) in [6.07, 6.45) is 10.4. The van der Waals surface area contributed by atoms with Gasteiger partial charge in [-0.1, -0.05) is 50.5 Å². The van der Waals surface area contributed by atoms with Gasteiger partial charge in [0.25, 0.3) is 0 Å². The molecule has 0 spiro atoms. The van der Waals surface area contributed by atoms with Crippen LogP contribution in [-0.4, -0.2) is 11.1 Å². The number of carboxylic acids is 1. The third-order valence-electron chi connectivity index (χ3n) is 2.69. The van der Waals surface area contributed by atoms with Gasteiger partial charge >= 0.3 is 5.97 Å². The lowest BCUT2D eigenvalue weighted by molar-refractivity contribution is 0.0697. The minimum absolute atomic E-state index is 0.338. The Morgan fingerprint density at radius 2 is 1.88 bits per heavy atom. The fourth-order valence-corrected chi connectivity index (χ4v) is 1.65. The van der Waals surface area contributed by atoms with E-state index in [-0.39, 0.29) is 0 Å². The highest BCUT2D eigenvalue weighted by atomic mass is 16.4. The molecule has 0 aliphatic heterocycles. The van der Waals surface area contributed by atoms with E-state index in [1.807, 2.05) is 12.1 Å². The van der Waals surface area contributed by atoms with Crippen molar-refractivity contribution in [2.24, 2.45) is 0 Å². The highest BCUT2D eigenvalue weighted by Crippen LogP contribution is 2.08. The summed E-state index contributed by atoms with van der Waals surface area (Å²) in [7, 11) is 0. The zero-order valence-corrected chi connectivity index (χ0v) is 10.4. The first-order chi connectivity index (χ1) is 8.24. The van der Waals surface area contributed by atoms with Crippen LogP contribution in [0.5, 0.6) is 0 Å². The molecule has 1 rings (SSSR count). The second-order valence-electron chi connectivity index (χ2n) is 4.18. The number of unbranched alkanes of at least 4 members (excludes halogenated alkanes) is 4. The third kappa shape index (κ3) is 5.34. The molecule has 1 aromatic carbocycles. The topological polar surface area (TPSA) is 37.3 Å². The van der Waals surface area contributed by atoms with E-state index in [1.165, 1.54) is 25.7 Å². The summed E-state index contributed by atoms with van der Waals surface area (Å²) in [4.78, 5) is 10.7. The average Bonchev–Trinajstić information content (AvgIpc) is 2.34. The van der Waals surface area contributed by atoms with E-state index in [2.05, 4.69) is 19.1 Å². The molecule has 2 nitrogen and oxygen atoms in total. The molecule has 92 valence electrons. The minimum Gasteiger partial charge on any atom is -0.478 e. The lowest BCUT2D eigenvalue weighted by Gasteiger charge is -1.97. The van der Waals surface area contributed by atoms with Crippen LogP contribution in [0.1, 0.15) is 54.9 Å². The van der Waals surface area contributed by atoms with Gasteiger partial charge in [0.15, 0.2) is 0 Å². The predicted octanol–water partition coefficient (Wildman–Crippen LogP) is 4.37. The van der Waals surface area contributed by atoms with Crippen LogP contribution in [0.2, 0.25) is 0 Å². The van der Waals surface area contributed by atoms with E-state index >= 15 is 0 Å². The van der Waals surface area contributed by atoms with Crippen molar-refractivity contribution in [3.63, 3.8) is 0 Å². The smallest absolute Gasteiger partial charge is 0.335 e. The standard InChI is InChI=1S/C15H20O2/c1-2-3-4-5-6-7-8-13-9-11-14(12-10-13)15(16)17/h7-12H,2-6H2,1H3,(H,16,17)/b8-7+. The van der Waals surface area contributed by atoms with E-state index in [4.69, 9.17) is 5.11 Å². The second-order valence-corrected chi connectivity index (χ2v) is 4.18. The lowest BCUT2D eigenvalue weighted by Crippen LogP contribution is -1.94. The van der Waals surface area contributed by atoms with Crippen LogP contribution in [0.3, 0.4) is 0 Å². The Hall–Kier alpha value is -1.57. The van der Waals surface area contributed by atoms with Crippen LogP contribution in [0, 0.1) is 0 Å². The van der Waals surface area contributed by atoms with Crippen LogP contribution in [-0.2, 0) is 0 Å². The molecule has 0 aliphatic rings. The Morgan fingerprint density at radius 1 is 1.18 bits per heavy atom. The summed E-state index contributed by atoms with van der Waals surface area (Å²) in [5.41, 5.74) is 1.40. The summed E-state index contributed by atoms with van der Waals surface area (Å²) in [5, 5.41) is 8.75. The molecule has 1 aromatic rings. The van der Waals surface area contributed by atoms with Crippen molar-refractivity contribution >= 4 is 12.0 Å². The first-order valence-electron chi connectivity index (χ1n) is 6.24. The van der Waals surface area contributed by atoms with Crippen molar-refractivity contribution in [1.82, 2.24) is 0 Å². The monoisotopic (exact) mass is 232 g/mol. The van der Waals surface area contributed by atoms with Gasteiger partial charge in [0.1, 0.15) is 0 Å². The van der Waals surface area contributed by atoms with Gasteiger partial charge in [-0.15, -0.1) is 0 Å². The van der Waals surface area contributed by atoms with Crippen molar-refractivity contribution in [3.05, 3.63) is 41.5 Å². The Kier molecular flexibility index (Phi) is 6.08. The largest absolute Gasteiger partial charge is 0.478 e. The molecule has 0 aliphatic carbocycles. The van der Waals surface area contributed by atoms with E-state index in [0.29, 0.717) is 5.56 Å². The molecule has 0 amide bonds. The van der Waals surface area contributed by atoms with Crippen molar-refractivity contribution in [3.8, 4) is 0 Å². The molecule has 0 unspecified atom stereocenters. The van der Waals surface area contributed by atoms with Gasteiger partial charge in [-0.2, -0.15) is 0 Å². The molecule has 0 heterocycles. The normalized spacial score (nSPS) is 10.9. The molecule has 0 aromatic heterocycles. The molecule has 0 bridgehead atoms. The fourth-order valence-electron chi connectivity index (χ4n) is 1.65. The van der Waals surface area contributed by atoms with Crippen molar-refractivity contribution < 1.29 is 9.90 Å². The summed E-state index contributed by atoms with van der Waals surface area (Å²) in [6, 6.07) is 6.95. The number of carboxylic acid groups (broad SMARTS) is 1. The van der Waals surface area contributed by atoms with E-state index in [9.17, 15) is 4.79 Å². The molecule has 0 saturated heterocycles. The maximum Gasteiger partial charge on any atom is 0.335 e. The maximum absolute atomic E-state index is 10.7. The molecular formula is C15H20O2. The highest BCUT2D eigenvalue weighted by molar-refractivity contribution is 5.87. The van der Waals surface area contributed by atoms with Crippen LogP contribution in [0.15, 0.2) is 30.3 Å². The Morgan fingerprint density at radius 3 is 2.47 bits per heavy atom. The molecule has 1 N–H and O–H groups in total. The van der Waals surface area contributed by atoms with E-state index in [0.717, 1.165) is 12.0 Å². The molecule has 17 heavy (non-hydrogen) atoms. The number of hydrogen-bond acceptors (Lipinski definition) is 1. The average molecular weight is 232 g/mol. The zero-order valence-electron chi connectivity index (χ0n) is 10.4. The van der Waals surface area contributed by atoms with Crippen molar-refractivity contribution in [2.45, 2.75) is 39.0 Å². The molecule has 0 saturated carbocycles. The number of benzene rings is 1. The number of rotatable bonds is 7. The van der Waals surface area contributed by atoms with Crippen LogP contribution < -0.4 is 0 Å². The number of carbonyl (C=O) groups is 1. The first-order valence-corrected chi connectivity index (χ1v) is 6.24. The predicted molar refractivity (Wildman–Crippen MR) is 71.2 cm³/mol. The van der Waals surface area contributed by atoms with Gasteiger partial charge in [-0.25, -0.2) is 4.79 Å². The molecular weight excluding hydrogens is 212 g/mol. The van der Waals surface area contributed by atoms with Gasteiger partial charge < -0.3 is 5.11 Å². The van der Waals surface area contributed by atoms with Gasteiger partial charge in [0.2, 0.25) is 0 Å². The quantitative estimate of drug-likeness (QED) is 0.709. The van der Waals surface area contributed by atoms with Crippen LogP contribution in [0.4, 0.5) is 0 Å². The van der Waals surface area contributed by atoms with Crippen molar-refractivity contribution in [1.29, 1.82) is 0 Å². The Bertz CT molecular complexity index is 363. The Balaban J connectivity index is 2.36. The molecule has 0 fully saturated rings. The van der Waals surface area contributed by atoms with Crippen LogP contribution >= 0.6 is 0 Å². The van der Waals surface area contributed by atoms with Gasteiger partial charge in [-0.3, -0.25) is 0 Å². The first kappa shape index (κ1) is 13.5. The summed E-state index contributed by atoms with van der Waals surface area (Å²) in [5.74, 6) is -0.875. The minimum atomic E-state index is -0.875. The number of aromatic carboxylic acids is 1. The summed E-state index contributed by atoms with van der Waals surface area (Å²) >= 11 is 0. The van der Waals surface area contributed by atoms with Gasteiger partial charge in [0.05, 0.1) is 5.56 Å². The second kappa shape index (κ2) is 7.66.